The van der Waals surface area contributed by atoms with E-state index in [0.29, 0.717) is 11.5 Å². The SMILES string of the molecule is COc1ccc(C(=O)NN2C(=O)[C@H]3[C@H](C2=O)[C@H]2C=C[C@H]3C2)cc1OC. The van der Waals surface area contributed by atoms with Crippen LogP contribution in [0.5, 0.6) is 11.5 Å². The first kappa shape index (κ1) is 15.7. The molecule has 1 aromatic rings. The minimum absolute atomic E-state index is 0.106. The van der Waals surface area contributed by atoms with Crippen molar-refractivity contribution in [3.63, 3.8) is 0 Å². The standard InChI is InChI=1S/C18H18N2O5/c1-24-12-6-5-11(8-13(12)25-2)16(21)19-20-17(22)14-9-3-4-10(7-9)15(14)18(20)23/h3-6,8-10,14-15H,7H2,1-2H3,(H,19,21)/t9-,10-,14+,15+/m0/s1. The molecule has 1 aromatic carbocycles. The number of nitrogens with zero attached hydrogens (tertiary/aromatic N) is 1. The summed E-state index contributed by atoms with van der Waals surface area (Å²) in [7, 11) is 2.97. The zero-order valence-electron chi connectivity index (χ0n) is 13.9. The number of imide groups is 1. The third kappa shape index (κ3) is 2.22. The maximum absolute atomic E-state index is 12.6. The predicted molar refractivity (Wildman–Crippen MR) is 86.6 cm³/mol. The van der Waals surface area contributed by atoms with Crippen molar-refractivity contribution in [1.82, 2.24) is 10.4 Å². The molecule has 1 N–H and O–H groups in total. The maximum Gasteiger partial charge on any atom is 0.270 e. The first-order valence-electron chi connectivity index (χ1n) is 8.14. The van der Waals surface area contributed by atoms with E-state index in [1.54, 1.807) is 12.1 Å². The smallest absolute Gasteiger partial charge is 0.270 e. The van der Waals surface area contributed by atoms with Crippen LogP contribution in [0.2, 0.25) is 0 Å². The molecule has 4 rings (SSSR count). The van der Waals surface area contributed by atoms with Crippen LogP contribution in [-0.4, -0.2) is 37.0 Å². The third-order valence-electron chi connectivity index (χ3n) is 5.33. The van der Waals surface area contributed by atoms with Crippen molar-refractivity contribution in [3.8, 4) is 11.5 Å². The number of methoxy groups -OCH3 is 2. The van der Waals surface area contributed by atoms with Crippen molar-refractivity contribution in [1.29, 1.82) is 0 Å². The van der Waals surface area contributed by atoms with Crippen LogP contribution in [0.25, 0.3) is 0 Å². The van der Waals surface area contributed by atoms with Crippen molar-refractivity contribution < 1.29 is 23.9 Å². The van der Waals surface area contributed by atoms with Crippen molar-refractivity contribution in [2.24, 2.45) is 23.7 Å². The first-order valence-corrected chi connectivity index (χ1v) is 8.14. The average Bonchev–Trinajstić information content (AvgIpc) is 3.31. The Hall–Kier alpha value is -2.83. The van der Waals surface area contributed by atoms with Crippen LogP contribution in [0.4, 0.5) is 0 Å². The molecule has 25 heavy (non-hydrogen) atoms. The topological polar surface area (TPSA) is 84.9 Å². The van der Waals surface area contributed by atoms with E-state index in [4.69, 9.17) is 9.47 Å². The summed E-state index contributed by atoms with van der Waals surface area (Å²) in [6, 6.07) is 4.65. The normalized spacial score (nSPS) is 29.1. The van der Waals surface area contributed by atoms with E-state index < -0.39 is 5.91 Å². The van der Waals surface area contributed by atoms with Gasteiger partial charge in [0.25, 0.3) is 17.7 Å². The van der Waals surface area contributed by atoms with Gasteiger partial charge in [0.1, 0.15) is 0 Å². The number of rotatable bonds is 4. The molecule has 0 radical (unpaired) electrons. The number of allylic oxidation sites excluding steroid dienone is 2. The van der Waals surface area contributed by atoms with E-state index in [-0.39, 0.29) is 41.0 Å². The van der Waals surface area contributed by atoms with E-state index in [2.05, 4.69) is 5.43 Å². The number of carbonyl (C=O) groups excluding carboxylic acids is 3. The Balaban J connectivity index is 1.54. The molecule has 0 aromatic heterocycles. The molecule has 4 atom stereocenters. The predicted octanol–water partition coefficient (Wildman–Crippen LogP) is 1.16. The minimum Gasteiger partial charge on any atom is -0.493 e. The van der Waals surface area contributed by atoms with E-state index in [1.165, 1.54) is 20.3 Å². The lowest BCUT2D eigenvalue weighted by Gasteiger charge is -2.18. The molecule has 3 aliphatic rings. The van der Waals surface area contributed by atoms with Gasteiger partial charge in [-0.25, -0.2) is 0 Å². The molecule has 7 nitrogen and oxygen atoms in total. The highest BCUT2D eigenvalue weighted by molar-refractivity contribution is 6.08. The summed E-state index contributed by atoms with van der Waals surface area (Å²) in [4.78, 5) is 37.7. The molecule has 1 heterocycles. The molecular formula is C18H18N2O5. The molecule has 3 amide bonds. The van der Waals surface area contributed by atoms with Crippen molar-refractivity contribution in [2.45, 2.75) is 6.42 Å². The fraction of sp³-hybridized carbons (Fsp3) is 0.389. The lowest BCUT2D eigenvalue weighted by molar-refractivity contribution is -0.143. The lowest BCUT2D eigenvalue weighted by Crippen LogP contribution is -2.47. The second-order valence-corrected chi connectivity index (χ2v) is 6.52. The Bertz CT molecular complexity index is 773. The Labute approximate surface area is 144 Å². The van der Waals surface area contributed by atoms with Gasteiger partial charge in [0, 0.05) is 5.56 Å². The summed E-state index contributed by atoms with van der Waals surface area (Å²) in [5.41, 5.74) is 2.73. The molecule has 2 bridgehead atoms. The summed E-state index contributed by atoms with van der Waals surface area (Å²) in [6.07, 6.45) is 4.87. The summed E-state index contributed by atoms with van der Waals surface area (Å²) in [6.45, 7) is 0. The van der Waals surface area contributed by atoms with Crippen LogP contribution >= 0.6 is 0 Å². The molecule has 1 saturated heterocycles. The number of amides is 3. The summed E-state index contributed by atoms with van der Waals surface area (Å²) in [5.74, 6) is -0.757. The van der Waals surface area contributed by atoms with Crippen molar-refractivity contribution in [2.75, 3.05) is 14.2 Å². The Morgan fingerprint density at radius 2 is 1.64 bits per heavy atom. The molecule has 0 unspecified atom stereocenters. The van der Waals surface area contributed by atoms with E-state index in [1.807, 2.05) is 12.2 Å². The van der Waals surface area contributed by atoms with Crippen LogP contribution in [-0.2, 0) is 9.59 Å². The molecule has 2 fully saturated rings. The number of carbonyl (C=O) groups is 3. The Morgan fingerprint density at radius 1 is 1.04 bits per heavy atom. The first-order chi connectivity index (χ1) is 12.0. The Morgan fingerprint density at radius 3 is 2.20 bits per heavy atom. The number of hydrogen-bond acceptors (Lipinski definition) is 5. The van der Waals surface area contributed by atoms with Gasteiger partial charge in [-0.05, 0) is 36.5 Å². The number of hydrogen-bond donors (Lipinski definition) is 1. The van der Waals surface area contributed by atoms with Gasteiger partial charge in [-0.15, -0.1) is 0 Å². The van der Waals surface area contributed by atoms with Gasteiger partial charge < -0.3 is 9.47 Å². The fourth-order valence-electron chi connectivity index (χ4n) is 4.16. The summed E-state index contributed by atoms with van der Waals surface area (Å²) < 4.78 is 10.3. The van der Waals surface area contributed by atoms with Crippen LogP contribution in [0.1, 0.15) is 16.8 Å². The second kappa shape index (κ2) is 5.61. The van der Waals surface area contributed by atoms with Crippen molar-refractivity contribution >= 4 is 17.7 Å². The van der Waals surface area contributed by atoms with E-state index in [0.717, 1.165) is 11.4 Å². The fourth-order valence-corrected chi connectivity index (χ4v) is 4.16. The van der Waals surface area contributed by atoms with E-state index in [9.17, 15) is 14.4 Å². The van der Waals surface area contributed by atoms with Crippen LogP contribution < -0.4 is 14.9 Å². The zero-order chi connectivity index (χ0) is 17.7. The Kier molecular flexibility index (Phi) is 3.52. The molecule has 1 aliphatic heterocycles. The van der Waals surface area contributed by atoms with E-state index >= 15 is 0 Å². The van der Waals surface area contributed by atoms with Crippen LogP contribution in [0, 0.1) is 23.7 Å². The quantitative estimate of drug-likeness (QED) is 0.655. The highest BCUT2D eigenvalue weighted by Gasteiger charge is 2.59. The van der Waals surface area contributed by atoms with Gasteiger partial charge in [0.15, 0.2) is 11.5 Å². The molecule has 7 heteroatoms. The average molecular weight is 342 g/mol. The number of fused-ring (bicyclic) bond motifs is 5. The molecule has 2 aliphatic carbocycles. The third-order valence-corrected chi connectivity index (χ3v) is 5.33. The minimum atomic E-state index is -0.539. The van der Waals surface area contributed by atoms with Crippen molar-refractivity contribution in [3.05, 3.63) is 35.9 Å². The van der Waals surface area contributed by atoms with Gasteiger partial charge in [-0.1, -0.05) is 12.2 Å². The monoisotopic (exact) mass is 342 g/mol. The van der Waals surface area contributed by atoms with Gasteiger partial charge in [0.05, 0.1) is 26.1 Å². The number of benzene rings is 1. The van der Waals surface area contributed by atoms with Gasteiger partial charge in [-0.3, -0.25) is 19.8 Å². The largest absolute Gasteiger partial charge is 0.493 e. The number of hydrazine groups is 1. The molecule has 130 valence electrons. The summed E-state index contributed by atoms with van der Waals surface area (Å²) >= 11 is 0. The van der Waals surface area contributed by atoms with Crippen LogP contribution in [0.3, 0.4) is 0 Å². The lowest BCUT2D eigenvalue weighted by atomic mass is 9.85. The zero-order valence-corrected chi connectivity index (χ0v) is 13.9. The molecular weight excluding hydrogens is 324 g/mol. The van der Waals surface area contributed by atoms with Crippen LogP contribution in [0.15, 0.2) is 30.4 Å². The highest BCUT2D eigenvalue weighted by atomic mass is 16.5. The molecule has 1 saturated carbocycles. The number of ether oxygens (including phenoxy) is 2. The highest BCUT2D eigenvalue weighted by Crippen LogP contribution is 2.52. The van der Waals surface area contributed by atoms with Gasteiger partial charge in [0.2, 0.25) is 0 Å². The van der Waals surface area contributed by atoms with Gasteiger partial charge in [-0.2, -0.15) is 5.01 Å². The second-order valence-electron chi connectivity index (χ2n) is 6.52. The number of nitrogens with one attached hydrogen (secondary N) is 1. The van der Waals surface area contributed by atoms with Gasteiger partial charge >= 0.3 is 0 Å². The molecule has 0 spiro atoms. The maximum atomic E-state index is 12.6. The summed E-state index contributed by atoms with van der Waals surface area (Å²) in [5, 5.41) is 0.889.